The first-order valence-corrected chi connectivity index (χ1v) is 8.74. The van der Waals surface area contributed by atoms with Crippen LogP contribution in [0.3, 0.4) is 0 Å². The second-order valence-electron chi connectivity index (χ2n) is 5.67. The summed E-state index contributed by atoms with van der Waals surface area (Å²) >= 11 is 1.31. The molecule has 1 amide bonds. The summed E-state index contributed by atoms with van der Waals surface area (Å²) in [5, 5.41) is 17.8. The molecule has 0 radical (unpaired) electrons. The fraction of sp³-hybridized carbons (Fsp3) is 0.176. The summed E-state index contributed by atoms with van der Waals surface area (Å²) < 4.78 is 1.39. The van der Waals surface area contributed by atoms with Gasteiger partial charge in [-0.2, -0.15) is 5.10 Å². The lowest BCUT2D eigenvalue weighted by Crippen LogP contribution is -2.18. The number of thiophene rings is 1. The molecule has 1 aromatic carbocycles. The topological polar surface area (TPSA) is 120 Å². The Morgan fingerprint density at radius 1 is 1.30 bits per heavy atom. The first-order valence-electron chi connectivity index (χ1n) is 7.93. The number of hydrogen-bond donors (Lipinski definition) is 1. The predicted molar refractivity (Wildman–Crippen MR) is 98.3 cm³/mol. The molecule has 0 atom stereocenters. The third kappa shape index (κ3) is 4.61. The minimum absolute atomic E-state index is 0.00200. The van der Waals surface area contributed by atoms with Gasteiger partial charge in [-0.15, -0.1) is 11.3 Å². The van der Waals surface area contributed by atoms with E-state index in [-0.39, 0.29) is 23.9 Å². The second-order valence-corrected chi connectivity index (χ2v) is 6.84. The van der Waals surface area contributed by atoms with Gasteiger partial charge in [0.2, 0.25) is 5.91 Å². The molecule has 138 valence electrons. The molecule has 0 aliphatic carbocycles. The molecule has 0 spiro atoms. The molecule has 0 saturated carbocycles. The molecule has 3 aromatic rings. The number of nitro benzene ring substituents is 1. The Kier molecular flexibility index (Phi) is 5.36. The maximum atomic E-state index is 12.4. The van der Waals surface area contributed by atoms with Crippen molar-refractivity contribution in [1.29, 1.82) is 0 Å². The summed E-state index contributed by atoms with van der Waals surface area (Å²) in [6, 6.07) is 9.50. The van der Waals surface area contributed by atoms with E-state index in [2.05, 4.69) is 15.4 Å². The van der Waals surface area contributed by atoms with Crippen LogP contribution in [0.25, 0.3) is 11.4 Å². The summed E-state index contributed by atoms with van der Waals surface area (Å²) in [4.78, 5) is 39.3. The summed E-state index contributed by atoms with van der Waals surface area (Å²) in [5.74, 6) is 0.0427. The minimum atomic E-state index is -0.487. The third-order valence-electron chi connectivity index (χ3n) is 3.61. The summed E-state index contributed by atoms with van der Waals surface area (Å²) in [6.07, 6.45) is 1.41. The number of carbonyl (C=O) groups is 2. The number of carbonyl (C=O) groups excluding carboxylic acids is 2. The molecule has 10 heteroatoms. The molecule has 2 heterocycles. The van der Waals surface area contributed by atoms with Crippen molar-refractivity contribution in [2.45, 2.75) is 20.0 Å². The molecule has 9 nitrogen and oxygen atoms in total. The zero-order valence-corrected chi connectivity index (χ0v) is 15.1. The number of ketones is 1. The van der Waals surface area contributed by atoms with Crippen LogP contribution < -0.4 is 5.32 Å². The van der Waals surface area contributed by atoms with Gasteiger partial charge in [-0.25, -0.2) is 9.67 Å². The van der Waals surface area contributed by atoms with Gasteiger partial charge in [-0.1, -0.05) is 12.1 Å². The standard InChI is InChI=1S/C17H15N5O4S/c1-11(23)18-8-14-5-6-16(27-14)15(24)9-21-10-19-17(20-21)12-3-2-4-13(7-12)22(25)26/h2-7,10H,8-9H2,1H3,(H,18,23). The molecule has 0 aliphatic heterocycles. The lowest BCUT2D eigenvalue weighted by Gasteiger charge is -1.99. The van der Waals surface area contributed by atoms with E-state index in [1.165, 1.54) is 41.4 Å². The van der Waals surface area contributed by atoms with E-state index < -0.39 is 4.92 Å². The van der Waals surface area contributed by atoms with Crippen molar-refractivity contribution >= 4 is 28.7 Å². The highest BCUT2D eigenvalue weighted by atomic mass is 32.1. The molecule has 0 saturated heterocycles. The van der Waals surface area contributed by atoms with Crippen molar-refractivity contribution in [3.05, 3.63) is 62.6 Å². The van der Waals surface area contributed by atoms with Gasteiger partial charge >= 0.3 is 0 Å². The number of nitrogens with zero attached hydrogens (tertiary/aromatic N) is 4. The van der Waals surface area contributed by atoms with Gasteiger partial charge in [0.25, 0.3) is 5.69 Å². The normalized spacial score (nSPS) is 10.6. The highest BCUT2D eigenvalue weighted by molar-refractivity contribution is 7.14. The van der Waals surface area contributed by atoms with Gasteiger partial charge in [-0.05, 0) is 12.1 Å². The molecule has 0 bridgehead atoms. The van der Waals surface area contributed by atoms with Gasteiger partial charge < -0.3 is 5.32 Å². The average molecular weight is 385 g/mol. The van der Waals surface area contributed by atoms with Crippen LogP contribution in [-0.2, 0) is 17.9 Å². The Hall–Kier alpha value is -3.40. The van der Waals surface area contributed by atoms with Gasteiger partial charge in [0, 0.05) is 29.5 Å². The van der Waals surface area contributed by atoms with Crippen molar-refractivity contribution in [3.8, 4) is 11.4 Å². The fourth-order valence-corrected chi connectivity index (χ4v) is 3.20. The van der Waals surface area contributed by atoms with Crippen LogP contribution >= 0.6 is 11.3 Å². The molecule has 3 rings (SSSR count). The highest BCUT2D eigenvalue weighted by Gasteiger charge is 2.14. The highest BCUT2D eigenvalue weighted by Crippen LogP contribution is 2.21. The molecule has 2 aromatic heterocycles. The zero-order chi connectivity index (χ0) is 19.4. The first-order chi connectivity index (χ1) is 12.9. The van der Waals surface area contributed by atoms with Crippen molar-refractivity contribution in [2.75, 3.05) is 0 Å². The zero-order valence-electron chi connectivity index (χ0n) is 14.3. The Morgan fingerprint density at radius 3 is 2.85 bits per heavy atom. The SMILES string of the molecule is CC(=O)NCc1ccc(C(=O)Cn2cnc(-c3cccc([N+](=O)[O-])c3)n2)s1. The lowest BCUT2D eigenvalue weighted by atomic mass is 10.2. The number of benzene rings is 1. The number of aromatic nitrogens is 3. The summed E-state index contributed by atoms with van der Waals surface area (Å²) in [7, 11) is 0. The largest absolute Gasteiger partial charge is 0.351 e. The van der Waals surface area contributed by atoms with Crippen LogP contribution in [0.15, 0.2) is 42.7 Å². The predicted octanol–water partition coefficient (Wildman–Crippen LogP) is 2.43. The van der Waals surface area contributed by atoms with Crippen molar-refractivity contribution in [2.24, 2.45) is 0 Å². The van der Waals surface area contributed by atoms with Gasteiger partial charge in [0.1, 0.15) is 12.9 Å². The molecular formula is C17H15N5O4S. The van der Waals surface area contributed by atoms with Crippen LogP contribution in [0.1, 0.15) is 21.5 Å². The molecule has 0 fully saturated rings. The average Bonchev–Trinajstić information content (AvgIpc) is 3.29. The number of amides is 1. The van der Waals surface area contributed by atoms with Crippen molar-refractivity contribution in [3.63, 3.8) is 0 Å². The maximum absolute atomic E-state index is 12.4. The van der Waals surface area contributed by atoms with Gasteiger partial charge in [0.15, 0.2) is 11.6 Å². The van der Waals surface area contributed by atoms with Crippen molar-refractivity contribution < 1.29 is 14.5 Å². The van der Waals surface area contributed by atoms with Crippen LogP contribution in [0.5, 0.6) is 0 Å². The van der Waals surface area contributed by atoms with Crippen LogP contribution in [0.4, 0.5) is 5.69 Å². The van der Waals surface area contributed by atoms with Crippen molar-refractivity contribution in [1.82, 2.24) is 20.1 Å². The monoisotopic (exact) mass is 385 g/mol. The third-order valence-corrected chi connectivity index (χ3v) is 4.73. The van der Waals surface area contributed by atoms with E-state index in [0.29, 0.717) is 22.8 Å². The lowest BCUT2D eigenvalue weighted by molar-refractivity contribution is -0.384. The first kappa shape index (κ1) is 18.4. The van der Waals surface area contributed by atoms with E-state index in [1.807, 2.05) is 0 Å². The van der Waals surface area contributed by atoms with E-state index >= 15 is 0 Å². The minimum Gasteiger partial charge on any atom is -0.351 e. The number of non-ortho nitro benzene ring substituents is 1. The number of nitro groups is 1. The van der Waals surface area contributed by atoms with E-state index in [9.17, 15) is 19.7 Å². The summed E-state index contributed by atoms with van der Waals surface area (Å²) in [6.45, 7) is 1.82. The fourth-order valence-electron chi connectivity index (χ4n) is 2.32. The van der Waals surface area contributed by atoms with Gasteiger partial charge in [0.05, 0.1) is 16.3 Å². The Balaban J connectivity index is 1.68. The molecule has 0 aliphatic rings. The van der Waals surface area contributed by atoms with Crippen LogP contribution in [0, 0.1) is 10.1 Å². The summed E-state index contributed by atoms with van der Waals surface area (Å²) in [5.41, 5.74) is 0.453. The maximum Gasteiger partial charge on any atom is 0.270 e. The Morgan fingerprint density at radius 2 is 2.11 bits per heavy atom. The van der Waals surface area contributed by atoms with Crippen LogP contribution in [0.2, 0.25) is 0 Å². The van der Waals surface area contributed by atoms with E-state index in [1.54, 1.807) is 24.3 Å². The van der Waals surface area contributed by atoms with Gasteiger partial charge in [-0.3, -0.25) is 19.7 Å². The molecule has 27 heavy (non-hydrogen) atoms. The smallest absolute Gasteiger partial charge is 0.270 e. The molecule has 1 N–H and O–H groups in total. The van der Waals surface area contributed by atoms with E-state index in [0.717, 1.165) is 4.88 Å². The quantitative estimate of drug-likeness (QED) is 0.379. The second kappa shape index (κ2) is 7.87. The Labute approximate surface area is 157 Å². The number of Topliss-reactive ketones (excluding diaryl/α,β-unsaturated/α-hetero) is 1. The van der Waals surface area contributed by atoms with E-state index in [4.69, 9.17) is 0 Å². The number of hydrogen-bond acceptors (Lipinski definition) is 7. The number of nitrogens with one attached hydrogen (secondary N) is 1. The Bertz CT molecular complexity index is 1010. The van der Waals surface area contributed by atoms with Crippen LogP contribution in [-0.4, -0.2) is 31.4 Å². The number of rotatable bonds is 7. The molecule has 0 unspecified atom stereocenters. The molecular weight excluding hydrogens is 370 g/mol.